The molecule has 2 aromatic carbocycles. The molecule has 0 aliphatic rings. The average molecular weight is 492 g/mol. The fourth-order valence-electron chi connectivity index (χ4n) is 2.95. The number of carbonyl (C=O) groups excluding carboxylic acids is 2. The first-order valence-electron chi connectivity index (χ1n) is 10.1. The molecule has 0 saturated heterocycles. The number of benzene rings is 2. The van der Waals surface area contributed by atoms with E-state index in [1.54, 1.807) is 19.1 Å². The summed E-state index contributed by atoms with van der Waals surface area (Å²) >= 11 is 0. The summed E-state index contributed by atoms with van der Waals surface area (Å²) in [7, 11) is -4.33. The van der Waals surface area contributed by atoms with Crippen molar-refractivity contribution in [3.05, 3.63) is 82.4 Å². The Kier molecular flexibility index (Phi) is 9.42. The van der Waals surface area contributed by atoms with Crippen molar-refractivity contribution in [1.82, 2.24) is 4.41 Å². The fraction of sp³-hybridized carbons (Fsp3) is 0.273. The van der Waals surface area contributed by atoms with Crippen molar-refractivity contribution in [2.24, 2.45) is 5.84 Å². The van der Waals surface area contributed by atoms with Crippen molar-refractivity contribution < 1.29 is 32.4 Å². The smallest absolute Gasteiger partial charge is 0.330 e. The predicted molar refractivity (Wildman–Crippen MR) is 122 cm³/mol. The van der Waals surface area contributed by atoms with E-state index in [1.807, 2.05) is 0 Å². The number of nitrogens with two attached hydrogens (primary N) is 1. The molecule has 0 aromatic heterocycles. The van der Waals surface area contributed by atoms with Gasteiger partial charge in [0.15, 0.2) is 6.04 Å². The first-order chi connectivity index (χ1) is 16.1. The molecule has 0 aliphatic carbocycles. The number of nitro benzene ring substituents is 1. The molecule has 0 radical (unpaired) electrons. The van der Waals surface area contributed by atoms with Gasteiger partial charge in [-0.3, -0.25) is 16.0 Å². The van der Waals surface area contributed by atoms with Crippen molar-refractivity contribution in [2.75, 3.05) is 13.2 Å². The molecule has 182 valence electrons. The number of sulfonamides is 1. The minimum atomic E-state index is -4.33. The first kappa shape index (κ1) is 26.6. The number of ether oxygens (including phenoxy) is 2. The van der Waals surface area contributed by atoms with Crippen molar-refractivity contribution in [3.8, 4) is 0 Å². The SMILES string of the molecule is C=CC(=O)OCCCCOC(=O)C(c1ccc([N+](=O)[O-])cc1)N(N)S(=O)(=O)c1ccccc1C. The third kappa shape index (κ3) is 6.70. The highest BCUT2D eigenvalue weighted by molar-refractivity contribution is 7.89. The van der Waals surface area contributed by atoms with Crippen LogP contribution in [0.1, 0.15) is 30.0 Å². The third-order valence-electron chi connectivity index (χ3n) is 4.74. The van der Waals surface area contributed by atoms with E-state index in [2.05, 4.69) is 6.58 Å². The average Bonchev–Trinajstić information content (AvgIpc) is 2.81. The molecule has 0 heterocycles. The minimum Gasteiger partial charge on any atom is -0.464 e. The largest absolute Gasteiger partial charge is 0.464 e. The summed E-state index contributed by atoms with van der Waals surface area (Å²) in [5.41, 5.74) is 0.272. The van der Waals surface area contributed by atoms with Gasteiger partial charge in [0, 0.05) is 18.2 Å². The zero-order chi connectivity index (χ0) is 25.3. The van der Waals surface area contributed by atoms with Gasteiger partial charge < -0.3 is 9.47 Å². The first-order valence-corrected chi connectivity index (χ1v) is 11.6. The highest BCUT2D eigenvalue weighted by atomic mass is 32.2. The van der Waals surface area contributed by atoms with E-state index in [1.165, 1.54) is 24.3 Å². The van der Waals surface area contributed by atoms with Crippen LogP contribution in [0.4, 0.5) is 5.69 Å². The number of nitrogens with zero attached hydrogens (tertiary/aromatic N) is 2. The van der Waals surface area contributed by atoms with E-state index in [0.29, 0.717) is 22.8 Å². The summed E-state index contributed by atoms with van der Waals surface area (Å²) in [6.45, 7) is 4.87. The molecule has 0 fully saturated rings. The number of carbonyl (C=O) groups is 2. The summed E-state index contributed by atoms with van der Waals surface area (Å²) < 4.78 is 36.8. The third-order valence-corrected chi connectivity index (χ3v) is 6.52. The molecule has 0 saturated carbocycles. The van der Waals surface area contributed by atoms with Crippen LogP contribution in [0.25, 0.3) is 0 Å². The topological polar surface area (TPSA) is 159 Å². The maximum Gasteiger partial charge on any atom is 0.330 e. The van der Waals surface area contributed by atoms with Gasteiger partial charge in [-0.05, 0) is 49.1 Å². The highest BCUT2D eigenvalue weighted by Gasteiger charge is 2.37. The number of hydrogen-bond acceptors (Lipinski definition) is 9. The van der Waals surface area contributed by atoms with Crippen LogP contribution in [0.15, 0.2) is 66.1 Å². The maximum atomic E-state index is 13.2. The van der Waals surface area contributed by atoms with Crippen molar-refractivity contribution >= 4 is 27.6 Å². The molecule has 1 atom stereocenters. The zero-order valence-electron chi connectivity index (χ0n) is 18.5. The van der Waals surface area contributed by atoms with Crippen LogP contribution in [-0.2, 0) is 29.1 Å². The van der Waals surface area contributed by atoms with Gasteiger partial charge in [-0.15, -0.1) is 4.41 Å². The summed E-state index contributed by atoms with van der Waals surface area (Å²) in [4.78, 5) is 34.2. The van der Waals surface area contributed by atoms with Crippen molar-refractivity contribution in [3.63, 3.8) is 0 Å². The Morgan fingerprint density at radius 2 is 1.71 bits per heavy atom. The van der Waals surface area contributed by atoms with E-state index in [4.69, 9.17) is 15.3 Å². The number of unbranched alkanes of at least 4 members (excludes halogenated alkanes) is 1. The Labute approximate surface area is 196 Å². The summed E-state index contributed by atoms with van der Waals surface area (Å²) in [6, 6.07) is 9.28. The van der Waals surface area contributed by atoms with Crippen LogP contribution in [0.5, 0.6) is 0 Å². The second-order valence-electron chi connectivity index (χ2n) is 7.10. The van der Waals surface area contributed by atoms with E-state index in [-0.39, 0.29) is 29.4 Å². The van der Waals surface area contributed by atoms with Crippen LogP contribution in [0.2, 0.25) is 0 Å². The number of esters is 2. The Hall–Kier alpha value is -3.61. The highest BCUT2D eigenvalue weighted by Crippen LogP contribution is 2.28. The Balaban J connectivity index is 2.25. The van der Waals surface area contributed by atoms with Crippen LogP contribution >= 0.6 is 0 Å². The molecular weight excluding hydrogens is 466 g/mol. The maximum absolute atomic E-state index is 13.2. The molecule has 2 aromatic rings. The molecule has 12 heteroatoms. The van der Waals surface area contributed by atoms with Crippen LogP contribution in [-0.4, -0.2) is 42.9 Å². The van der Waals surface area contributed by atoms with Crippen LogP contribution < -0.4 is 5.84 Å². The van der Waals surface area contributed by atoms with Gasteiger partial charge in [0.1, 0.15) is 0 Å². The lowest BCUT2D eigenvalue weighted by Gasteiger charge is -2.26. The second kappa shape index (κ2) is 12.0. The van der Waals surface area contributed by atoms with Crippen LogP contribution in [0, 0.1) is 17.0 Å². The van der Waals surface area contributed by atoms with Gasteiger partial charge in [-0.25, -0.2) is 18.0 Å². The molecule has 2 rings (SSSR count). The van der Waals surface area contributed by atoms with E-state index in [9.17, 15) is 28.1 Å². The molecule has 0 bridgehead atoms. The van der Waals surface area contributed by atoms with Crippen LogP contribution in [0.3, 0.4) is 0 Å². The van der Waals surface area contributed by atoms with Gasteiger partial charge >= 0.3 is 11.9 Å². The molecular formula is C22H25N3O8S. The predicted octanol–water partition coefficient (Wildman–Crippen LogP) is 2.56. The van der Waals surface area contributed by atoms with Gasteiger partial charge in [-0.2, -0.15) is 0 Å². The van der Waals surface area contributed by atoms with Gasteiger partial charge in [0.2, 0.25) is 0 Å². The number of aryl methyl sites for hydroxylation is 1. The summed E-state index contributed by atoms with van der Waals surface area (Å²) in [5, 5.41) is 11.0. The summed E-state index contributed by atoms with van der Waals surface area (Å²) in [5.74, 6) is 4.44. The number of rotatable bonds is 12. The lowest BCUT2D eigenvalue weighted by atomic mass is 10.1. The molecule has 1 unspecified atom stereocenters. The lowest BCUT2D eigenvalue weighted by molar-refractivity contribution is -0.384. The van der Waals surface area contributed by atoms with E-state index < -0.39 is 32.9 Å². The van der Waals surface area contributed by atoms with Gasteiger partial charge in [0.25, 0.3) is 15.7 Å². The Morgan fingerprint density at radius 1 is 1.12 bits per heavy atom. The molecule has 11 nitrogen and oxygen atoms in total. The molecule has 0 amide bonds. The number of nitro groups is 1. The van der Waals surface area contributed by atoms with Gasteiger partial charge in [0.05, 0.1) is 23.0 Å². The monoisotopic (exact) mass is 491 g/mol. The molecule has 2 N–H and O–H groups in total. The van der Waals surface area contributed by atoms with Crippen molar-refractivity contribution in [1.29, 1.82) is 0 Å². The number of hydrogen-bond donors (Lipinski definition) is 1. The van der Waals surface area contributed by atoms with Crippen molar-refractivity contribution in [2.45, 2.75) is 30.7 Å². The second-order valence-corrected chi connectivity index (χ2v) is 8.91. The zero-order valence-corrected chi connectivity index (χ0v) is 19.3. The fourth-order valence-corrected chi connectivity index (χ4v) is 4.39. The quantitative estimate of drug-likeness (QED) is 0.118. The van der Waals surface area contributed by atoms with E-state index in [0.717, 1.165) is 18.2 Å². The molecule has 34 heavy (non-hydrogen) atoms. The normalized spacial score (nSPS) is 12.1. The number of hydrazine groups is 1. The molecule has 0 spiro atoms. The number of non-ortho nitro benzene ring substituents is 1. The Bertz CT molecular complexity index is 1150. The summed E-state index contributed by atoms with van der Waals surface area (Å²) in [6.07, 6.45) is 1.75. The minimum absolute atomic E-state index is 0.0911. The lowest BCUT2D eigenvalue weighted by Crippen LogP contribution is -2.44. The van der Waals surface area contributed by atoms with Gasteiger partial charge in [-0.1, -0.05) is 24.8 Å². The Morgan fingerprint density at radius 3 is 2.26 bits per heavy atom. The standard InChI is InChI=1S/C22H25N3O8S/c1-3-20(26)32-14-6-7-15-33-22(27)21(17-10-12-18(13-11-17)25(28)29)24(23)34(30,31)19-9-5-4-8-16(19)2/h3-5,8-13,21H,1,6-7,14-15,23H2,2H3. The van der Waals surface area contributed by atoms with E-state index >= 15 is 0 Å². The molecule has 0 aliphatic heterocycles.